The zero-order chi connectivity index (χ0) is 17.4. The van der Waals surface area contributed by atoms with E-state index < -0.39 is 10.0 Å². The van der Waals surface area contributed by atoms with Gasteiger partial charge >= 0.3 is 0 Å². The van der Waals surface area contributed by atoms with Crippen LogP contribution in [0.3, 0.4) is 0 Å². The highest BCUT2D eigenvalue weighted by molar-refractivity contribution is 7.89. The van der Waals surface area contributed by atoms with Crippen LogP contribution in [0, 0.1) is 6.92 Å². The summed E-state index contributed by atoms with van der Waals surface area (Å²) >= 11 is 0. The minimum Gasteiger partial charge on any atom is -0.352 e. The molecule has 3 aromatic rings. The van der Waals surface area contributed by atoms with E-state index in [9.17, 15) is 8.42 Å². The first kappa shape index (κ1) is 15.9. The molecule has 1 aliphatic rings. The minimum atomic E-state index is -3.46. The summed E-state index contributed by atoms with van der Waals surface area (Å²) in [5, 5.41) is 15.5. The Kier molecular flexibility index (Phi) is 3.85. The normalized spacial score (nSPS) is 16.4. The third-order valence-corrected chi connectivity index (χ3v) is 6.19. The first-order chi connectivity index (χ1) is 12.0. The molecule has 0 amide bonds. The molecule has 9 nitrogen and oxygen atoms in total. The fourth-order valence-corrected chi connectivity index (χ4v) is 4.25. The van der Waals surface area contributed by atoms with Crippen molar-refractivity contribution in [1.29, 1.82) is 0 Å². The minimum absolute atomic E-state index is 0.333. The van der Waals surface area contributed by atoms with Crippen LogP contribution in [-0.4, -0.2) is 64.2 Å². The maximum Gasteiger partial charge on any atom is 0.243 e. The first-order valence-electron chi connectivity index (χ1n) is 7.91. The van der Waals surface area contributed by atoms with Crippen LogP contribution in [0.2, 0.25) is 0 Å². The molecule has 0 saturated carbocycles. The molecule has 10 heteroatoms. The molecule has 0 spiro atoms. The second-order valence-electron chi connectivity index (χ2n) is 5.92. The van der Waals surface area contributed by atoms with Crippen molar-refractivity contribution in [3.05, 3.63) is 42.0 Å². The molecule has 0 N–H and O–H groups in total. The van der Waals surface area contributed by atoms with Crippen LogP contribution >= 0.6 is 0 Å². The van der Waals surface area contributed by atoms with Crippen LogP contribution in [-0.2, 0) is 10.0 Å². The smallest absolute Gasteiger partial charge is 0.243 e. The molecular weight excluding hydrogens is 342 g/mol. The van der Waals surface area contributed by atoms with Crippen molar-refractivity contribution in [1.82, 2.24) is 29.6 Å². The second kappa shape index (κ2) is 6.05. The highest BCUT2D eigenvalue weighted by Gasteiger charge is 2.29. The molecule has 130 valence electrons. The van der Waals surface area contributed by atoms with E-state index in [-0.39, 0.29) is 0 Å². The molecule has 25 heavy (non-hydrogen) atoms. The summed E-state index contributed by atoms with van der Waals surface area (Å²) in [6.45, 7) is 3.87. The lowest BCUT2D eigenvalue weighted by Gasteiger charge is -2.34. The Bertz CT molecular complexity index is 992. The van der Waals surface area contributed by atoms with Crippen LogP contribution in [0.4, 0.5) is 5.82 Å². The third kappa shape index (κ3) is 2.94. The molecular formula is C15H17N7O2S. The Labute approximate surface area is 144 Å². The number of piperazine rings is 1. The molecule has 0 aliphatic carbocycles. The number of tetrazole rings is 1. The van der Waals surface area contributed by atoms with Crippen molar-refractivity contribution in [2.75, 3.05) is 31.1 Å². The van der Waals surface area contributed by atoms with Gasteiger partial charge in [-0.15, -0.1) is 14.8 Å². The molecule has 0 bridgehead atoms. The highest BCUT2D eigenvalue weighted by Crippen LogP contribution is 2.20. The fourth-order valence-electron chi connectivity index (χ4n) is 2.83. The summed E-state index contributed by atoms with van der Waals surface area (Å²) in [5.74, 6) is 0.729. The Morgan fingerprint density at radius 2 is 1.68 bits per heavy atom. The molecule has 3 heterocycles. The lowest BCUT2D eigenvalue weighted by atomic mass is 10.2. The lowest BCUT2D eigenvalue weighted by Crippen LogP contribution is -2.49. The van der Waals surface area contributed by atoms with E-state index in [2.05, 4.69) is 20.6 Å². The number of benzene rings is 1. The highest BCUT2D eigenvalue weighted by atomic mass is 32.2. The maximum absolute atomic E-state index is 12.7. The van der Waals surface area contributed by atoms with Gasteiger partial charge in [0.05, 0.1) is 4.90 Å². The predicted molar refractivity (Wildman–Crippen MR) is 90.7 cm³/mol. The topological polar surface area (TPSA) is 96.6 Å². The zero-order valence-electron chi connectivity index (χ0n) is 13.6. The van der Waals surface area contributed by atoms with E-state index in [1.54, 1.807) is 18.2 Å². The summed E-state index contributed by atoms with van der Waals surface area (Å²) in [5.41, 5.74) is 1.61. The molecule has 1 saturated heterocycles. The molecule has 0 radical (unpaired) electrons. The van der Waals surface area contributed by atoms with E-state index in [0.29, 0.717) is 36.7 Å². The summed E-state index contributed by atoms with van der Waals surface area (Å²) in [6, 6.07) is 10.6. The molecule has 1 aliphatic heterocycles. The van der Waals surface area contributed by atoms with E-state index in [4.69, 9.17) is 0 Å². The number of aryl methyl sites for hydroxylation is 1. The van der Waals surface area contributed by atoms with Gasteiger partial charge in [0.25, 0.3) is 0 Å². The Balaban J connectivity index is 1.49. The van der Waals surface area contributed by atoms with Crippen molar-refractivity contribution in [2.45, 2.75) is 11.8 Å². The van der Waals surface area contributed by atoms with Crippen LogP contribution < -0.4 is 4.90 Å². The van der Waals surface area contributed by atoms with Gasteiger partial charge in [-0.25, -0.2) is 8.42 Å². The molecule has 0 atom stereocenters. The summed E-state index contributed by atoms with van der Waals surface area (Å²) in [4.78, 5) is 2.36. The summed E-state index contributed by atoms with van der Waals surface area (Å²) < 4.78 is 28.4. The van der Waals surface area contributed by atoms with Gasteiger partial charge in [-0.05, 0) is 41.6 Å². The number of rotatable bonds is 3. The number of nitrogens with zero attached hydrogens (tertiary/aromatic N) is 7. The van der Waals surface area contributed by atoms with Gasteiger partial charge in [0.15, 0.2) is 11.5 Å². The Hall–Kier alpha value is -2.59. The van der Waals surface area contributed by atoms with E-state index >= 15 is 0 Å². The van der Waals surface area contributed by atoms with Gasteiger partial charge in [0.1, 0.15) is 0 Å². The van der Waals surface area contributed by atoms with Crippen LogP contribution in [0.5, 0.6) is 0 Å². The Morgan fingerprint density at radius 1 is 0.960 bits per heavy atom. The average Bonchev–Trinajstić information content (AvgIpc) is 3.10. The molecule has 4 rings (SSSR count). The van der Waals surface area contributed by atoms with E-state index in [0.717, 1.165) is 11.4 Å². The van der Waals surface area contributed by atoms with E-state index in [1.807, 2.05) is 30.0 Å². The lowest BCUT2D eigenvalue weighted by molar-refractivity contribution is 0.383. The van der Waals surface area contributed by atoms with Gasteiger partial charge < -0.3 is 4.90 Å². The second-order valence-corrected chi connectivity index (χ2v) is 7.86. The molecule has 2 aromatic heterocycles. The van der Waals surface area contributed by atoms with Gasteiger partial charge in [-0.3, -0.25) is 0 Å². The summed E-state index contributed by atoms with van der Waals surface area (Å²) in [6.07, 6.45) is 0. The number of sulfonamides is 1. The van der Waals surface area contributed by atoms with Crippen molar-refractivity contribution < 1.29 is 8.42 Å². The van der Waals surface area contributed by atoms with Crippen molar-refractivity contribution >= 4 is 21.5 Å². The standard InChI is InChI=1S/C15H17N7O2S/c1-12-2-4-13(5-3-12)25(23,24)21-10-8-20(9-11-21)15-7-6-14-16-18-19-22(14)17-15/h2-7H,8-11H2,1H3. The number of anilines is 1. The van der Waals surface area contributed by atoms with Gasteiger partial charge in [0.2, 0.25) is 10.0 Å². The van der Waals surface area contributed by atoms with E-state index in [1.165, 1.54) is 8.94 Å². The third-order valence-electron chi connectivity index (χ3n) is 4.28. The molecule has 1 fully saturated rings. The number of hydrogen-bond acceptors (Lipinski definition) is 7. The largest absolute Gasteiger partial charge is 0.352 e. The number of aromatic nitrogens is 5. The van der Waals surface area contributed by atoms with Crippen molar-refractivity contribution in [3.63, 3.8) is 0 Å². The Morgan fingerprint density at radius 3 is 2.40 bits per heavy atom. The fraction of sp³-hybridized carbons (Fsp3) is 0.333. The molecule has 1 aromatic carbocycles. The first-order valence-corrected chi connectivity index (χ1v) is 9.35. The number of hydrogen-bond donors (Lipinski definition) is 0. The quantitative estimate of drug-likeness (QED) is 0.665. The monoisotopic (exact) mass is 359 g/mol. The maximum atomic E-state index is 12.7. The van der Waals surface area contributed by atoms with Crippen LogP contribution in [0.1, 0.15) is 5.56 Å². The average molecular weight is 359 g/mol. The van der Waals surface area contributed by atoms with Crippen molar-refractivity contribution in [3.8, 4) is 0 Å². The van der Waals surface area contributed by atoms with Crippen molar-refractivity contribution in [2.24, 2.45) is 0 Å². The zero-order valence-corrected chi connectivity index (χ0v) is 14.5. The SMILES string of the molecule is Cc1ccc(S(=O)(=O)N2CCN(c3ccc4nnnn4n3)CC2)cc1. The van der Waals surface area contributed by atoms with Gasteiger partial charge in [0, 0.05) is 26.2 Å². The predicted octanol–water partition coefficient (Wildman–Crippen LogP) is 0.339. The molecule has 0 unspecified atom stereocenters. The summed E-state index contributed by atoms with van der Waals surface area (Å²) in [7, 11) is -3.46. The number of fused-ring (bicyclic) bond motifs is 1. The van der Waals surface area contributed by atoms with Gasteiger partial charge in [-0.1, -0.05) is 17.7 Å². The van der Waals surface area contributed by atoms with Crippen LogP contribution in [0.25, 0.3) is 5.65 Å². The van der Waals surface area contributed by atoms with Gasteiger partial charge in [-0.2, -0.15) is 4.31 Å². The van der Waals surface area contributed by atoms with Crippen LogP contribution in [0.15, 0.2) is 41.3 Å².